The molecule has 0 unspecified atom stereocenters. The van der Waals surface area contributed by atoms with E-state index in [1.165, 1.54) is 56.1 Å². The molecule has 0 saturated heterocycles. The van der Waals surface area contributed by atoms with Crippen LogP contribution in [0.5, 0.6) is 5.75 Å². The Labute approximate surface area is 347 Å². The molecule has 3 aromatic rings. The fraction of sp³-hybridized carbons (Fsp3) is 0.528. The molecular weight excluding hydrogens is 715 g/mol. The molecule has 5 heteroatoms. The van der Waals surface area contributed by atoms with Gasteiger partial charge in [0.1, 0.15) is 11.5 Å². The number of phenolic OH excluding ortho intramolecular Hbond substituents is 1. The Bertz CT molecular complexity index is 2050. The third kappa shape index (κ3) is 9.68. The molecule has 0 aromatic heterocycles. The molecule has 0 aliphatic heterocycles. The number of aliphatic hydroxyl groups excluding tert-OH is 1. The van der Waals surface area contributed by atoms with E-state index in [0.29, 0.717) is 30.3 Å². The summed E-state index contributed by atoms with van der Waals surface area (Å²) in [6.07, 6.45) is 28.9. The molecule has 1 fully saturated rings. The van der Waals surface area contributed by atoms with Gasteiger partial charge in [0.2, 0.25) is 0 Å². The van der Waals surface area contributed by atoms with Crippen LogP contribution in [0.1, 0.15) is 144 Å². The molecule has 0 heterocycles. The van der Waals surface area contributed by atoms with Gasteiger partial charge in [-0.05, 0) is 147 Å². The van der Waals surface area contributed by atoms with E-state index in [2.05, 4.69) is 73.7 Å². The second-order valence-electron chi connectivity index (χ2n) is 18.4. The van der Waals surface area contributed by atoms with Gasteiger partial charge in [-0.2, -0.15) is 0 Å². The first kappa shape index (κ1) is 42.0. The summed E-state index contributed by atoms with van der Waals surface area (Å²) < 4.78 is 0. The van der Waals surface area contributed by atoms with Crippen molar-refractivity contribution >= 4 is 17.8 Å². The van der Waals surface area contributed by atoms with Crippen LogP contribution in [-0.4, -0.2) is 27.8 Å². The molecular formula is C53H69NO4. The van der Waals surface area contributed by atoms with Gasteiger partial charge >= 0.3 is 5.97 Å². The zero-order chi connectivity index (χ0) is 40.5. The number of carboxylic acids is 1. The van der Waals surface area contributed by atoms with Gasteiger partial charge < -0.3 is 21.1 Å². The van der Waals surface area contributed by atoms with E-state index in [1.807, 2.05) is 24.3 Å². The minimum atomic E-state index is -0.747. The number of aliphatic carboxylic acids is 1. The van der Waals surface area contributed by atoms with Crippen molar-refractivity contribution in [3.63, 3.8) is 0 Å². The number of rotatable bonds is 15. The summed E-state index contributed by atoms with van der Waals surface area (Å²) in [5.41, 5.74) is 11.5. The first-order chi connectivity index (χ1) is 28.3. The Morgan fingerprint density at radius 2 is 1.66 bits per heavy atom. The van der Waals surface area contributed by atoms with Crippen molar-refractivity contribution < 1.29 is 20.1 Å². The number of carbonyl (C=O) groups is 1. The number of allylic oxidation sites excluding steroid dienone is 3. The molecule has 5 nitrogen and oxygen atoms in total. The number of aromatic hydroxyl groups is 1. The summed E-state index contributed by atoms with van der Waals surface area (Å²) in [6, 6.07) is 23.4. The molecule has 0 radical (unpaired) electrons. The number of benzene rings is 3. The van der Waals surface area contributed by atoms with Crippen LogP contribution in [0.4, 0.5) is 0 Å². The molecule has 2 bridgehead atoms. The standard InChI is InChI=1S/C53H69NO4/c1-2-3-6-19-44-35-42(25-26-50(44)55)47-33-39-15-13-20-45(32-39)53(29-27-43-34-41-18-9-11-21-46(41)51(56)48(43)36-53)49(52(57)58)22-12-10-17-40(47)16-8-5-4-7-14-37-23-24-38(31-37)28-30-54/h9-13,15,18,20-21,25-26,31-32,34-35,37,40,43,47-49,55-56H,2-8,14,16-17,19,22-24,27-30,33,36,54H2,1H3,(H,57,58)/t37-,40+,43+,47+,48-,49-,53-/m1/s1. The summed E-state index contributed by atoms with van der Waals surface area (Å²) in [5, 5.41) is 35.8. The van der Waals surface area contributed by atoms with E-state index >= 15 is 0 Å². The molecule has 4 aliphatic rings. The molecule has 3 aromatic carbocycles. The highest BCUT2D eigenvalue weighted by molar-refractivity contribution is 5.73. The van der Waals surface area contributed by atoms with Crippen molar-refractivity contribution in [1.29, 1.82) is 0 Å². The van der Waals surface area contributed by atoms with Gasteiger partial charge in [-0.1, -0.05) is 136 Å². The lowest BCUT2D eigenvalue weighted by Gasteiger charge is -2.48. The number of hydrogen-bond donors (Lipinski definition) is 4. The van der Waals surface area contributed by atoms with Crippen LogP contribution in [0.2, 0.25) is 0 Å². The molecule has 7 rings (SSSR count). The van der Waals surface area contributed by atoms with E-state index < -0.39 is 17.3 Å². The maximum Gasteiger partial charge on any atom is 0.307 e. The molecule has 1 saturated carbocycles. The first-order valence-corrected chi connectivity index (χ1v) is 23.0. The lowest BCUT2D eigenvalue weighted by Crippen LogP contribution is -2.48. The smallest absolute Gasteiger partial charge is 0.307 e. The van der Waals surface area contributed by atoms with Crippen molar-refractivity contribution in [2.75, 3.05) is 6.54 Å². The van der Waals surface area contributed by atoms with Crippen LogP contribution in [0, 0.1) is 29.6 Å². The summed E-state index contributed by atoms with van der Waals surface area (Å²) in [7, 11) is 0. The van der Waals surface area contributed by atoms with Gasteiger partial charge in [0.25, 0.3) is 0 Å². The highest BCUT2D eigenvalue weighted by Crippen LogP contribution is 2.53. The van der Waals surface area contributed by atoms with Crippen molar-refractivity contribution in [3.8, 4) is 5.75 Å². The van der Waals surface area contributed by atoms with Crippen molar-refractivity contribution in [1.82, 2.24) is 0 Å². The number of hydrogen-bond acceptors (Lipinski definition) is 4. The Balaban J connectivity index is 1.17. The second kappa shape index (κ2) is 19.8. The first-order valence-electron chi connectivity index (χ1n) is 23.0. The average molecular weight is 784 g/mol. The summed E-state index contributed by atoms with van der Waals surface area (Å²) in [5.74, 6) is 0.929. The molecule has 0 amide bonds. The van der Waals surface area contributed by atoms with E-state index in [-0.39, 0.29) is 17.8 Å². The predicted octanol–water partition coefficient (Wildman–Crippen LogP) is 11.0. The zero-order valence-corrected chi connectivity index (χ0v) is 35.1. The number of nitrogens with two attached hydrogens (primary N) is 1. The zero-order valence-electron chi connectivity index (χ0n) is 35.1. The third-order valence-electron chi connectivity index (χ3n) is 14.7. The van der Waals surface area contributed by atoms with E-state index in [9.17, 15) is 20.1 Å². The Morgan fingerprint density at radius 1 is 0.828 bits per heavy atom. The van der Waals surface area contributed by atoms with Crippen LogP contribution in [-0.2, 0) is 23.1 Å². The molecule has 310 valence electrons. The van der Waals surface area contributed by atoms with Crippen molar-refractivity contribution in [3.05, 3.63) is 123 Å². The molecule has 5 N–H and O–H groups in total. The van der Waals surface area contributed by atoms with Gasteiger partial charge in [0.05, 0.1) is 5.92 Å². The maximum absolute atomic E-state index is 13.5. The van der Waals surface area contributed by atoms with E-state index in [0.717, 1.165) is 98.2 Å². The minimum Gasteiger partial charge on any atom is -0.511 e. The van der Waals surface area contributed by atoms with Gasteiger partial charge in [-0.15, -0.1) is 0 Å². The summed E-state index contributed by atoms with van der Waals surface area (Å²) >= 11 is 0. The van der Waals surface area contributed by atoms with Crippen LogP contribution in [0.25, 0.3) is 11.8 Å². The number of aliphatic hydroxyl groups is 1. The average Bonchev–Trinajstić information content (AvgIpc) is 3.68. The Morgan fingerprint density at radius 3 is 2.48 bits per heavy atom. The van der Waals surface area contributed by atoms with Gasteiger partial charge in [0, 0.05) is 16.6 Å². The van der Waals surface area contributed by atoms with Crippen LogP contribution >= 0.6 is 0 Å². The number of phenols is 1. The van der Waals surface area contributed by atoms with Crippen LogP contribution < -0.4 is 16.2 Å². The highest BCUT2D eigenvalue weighted by Gasteiger charge is 2.50. The fourth-order valence-electron chi connectivity index (χ4n) is 11.5. The normalized spacial score (nSPS) is 26.9. The van der Waals surface area contributed by atoms with Gasteiger partial charge in [0.15, 0.2) is 0 Å². The van der Waals surface area contributed by atoms with Gasteiger partial charge in [-0.25, -0.2) is 0 Å². The Hall–Kier alpha value is -4.09. The maximum atomic E-state index is 13.5. The number of unbranched alkanes of at least 4 members (excludes halogenated alkanes) is 5. The topological polar surface area (TPSA) is 104 Å². The third-order valence-corrected chi connectivity index (χ3v) is 14.7. The van der Waals surface area contributed by atoms with Crippen molar-refractivity contribution in [2.24, 2.45) is 35.3 Å². The van der Waals surface area contributed by atoms with E-state index in [4.69, 9.17) is 5.73 Å². The number of fused-ring (bicyclic) bond motifs is 5. The SMILES string of the molecule is CCCCCc1cc([C@H]2Cc3cccc(c3)[C@]3(CC[C@H]4C=c5ccccc5=C(O)[C@@H]4C3)[C@@H](C(=O)O)CC=CC[C@@H]2CCCCCC[C@H]2C=C(CCN)CC2)ccc1O. The Kier molecular flexibility index (Phi) is 14.3. The minimum absolute atomic E-state index is 0.116. The number of carboxylic acid groups (broad SMARTS) is 1. The van der Waals surface area contributed by atoms with Crippen LogP contribution in [0.15, 0.2) is 90.5 Å². The molecule has 7 atom stereocenters. The summed E-state index contributed by atoms with van der Waals surface area (Å²) in [4.78, 5) is 13.5. The van der Waals surface area contributed by atoms with Gasteiger partial charge in [-0.3, -0.25) is 4.79 Å². The second-order valence-corrected chi connectivity index (χ2v) is 18.4. The fourth-order valence-corrected chi connectivity index (χ4v) is 11.5. The molecule has 4 aliphatic carbocycles. The van der Waals surface area contributed by atoms with Crippen LogP contribution in [0.3, 0.4) is 0 Å². The summed E-state index contributed by atoms with van der Waals surface area (Å²) in [6.45, 7) is 2.98. The van der Waals surface area contributed by atoms with Crippen molar-refractivity contribution in [2.45, 2.75) is 140 Å². The van der Waals surface area contributed by atoms with E-state index in [1.54, 1.807) is 5.57 Å². The monoisotopic (exact) mass is 784 g/mol. The number of aryl methyl sites for hydroxylation is 1. The molecule has 58 heavy (non-hydrogen) atoms. The lowest BCUT2D eigenvalue weighted by atomic mass is 9.55. The quantitative estimate of drug-likeness (QED) is 0.0908. The molecule has 1 spiro atoms. The highest BCUT2D eigenvalue weighted by atomic mass is 16.4. The largest absolute Gasteiger partial charge is 0.511 e. The lowest BCUT2D eigenvalue weighted by molar-refractivity contribution is -0.145. The predicted molar refractivity (Wildman–Crippen MR) is 238 cm³/mol.